The molecule has 0 atom stereocenters. The third kappa shape index (κ3) is 3.61. The van der Waals surface area contributed by atoms with Crippen molar-refractivity contribution in [1.29, 1.82) is 0 Å². The van der Waals surface area contributed by atoms with Crippen molar-refractivity contribution >= 4 is 15.9 Å². The molecule has 0 saturated carbocycles. The highest BCUT2D eigenvalue weighted by Crippen LogP contribution is 2.16. The lowest BCUT2D eigenvalue weighted by Crippen LogP contribution is -2.16. The molecule has 0 spiro atoms. The van der Waals surface area contributed by atoms with E-state index in [0.717, 1.165) is 5.56 Å². The molecule has 1 aromatic heterocycles. The predicted molar refractivity (Wildman–Crippen MR) is 63.8 cm³/mol. The molecule has 0 fully saturated rings. The van der Waals surface area contributed by atoms with Crippen molar-refractivity contribution in [2.24, 2.45) is 0 Å². The molecule has 1 N–H and O–H groups in total. The van der Waals surface area contributed by atoms with Crippen LogP contribution in [0, 0.1) is 5.82 Å². The molecule has 0 aliphatic carbocycles. The zero-order chi connectivity index (χ0) is 12.1. The zero-order valence-corrected chi connectivity index (χ0v) is 10.6. The highest BCUT2D eigenvalue weighted by molar-refractivity contribution is 9.10. The highest BCUT2D eigenvalue weighted by Gasteiger charge is 2.01. The Kier molecular flexibility index (Phi) is 4.22. The van der Waals surface area contributed by atoms with E-state index in [-0.39, 0.29) is 5.82 Å². The average molecular weight is 300 g/mol. The maximum absolute atomic E-state index is 13.2. The SMILES string of the molecule is Fc1cc(CNCCc2ncno2)ccc1Br. The molecule has 0 aliphatic rings. The van der Waals surface area contributed by atoms with Gasteiger partial charge in [-0.25, -0.2) is 4.39 Å². The summed E-state index contributed by atoms with van der Waals surface area (Å²) >= 11 is 3.11. The minimum absolute atomic E-state index is 0.249. The Balaban J connectivity index is 1.76. The first kappa shape index (κ1) is 12.2. The maximum atomic E-state index is 13.2. The maximum Gasteiger partial charge on any atom is 0.227 e. The number of aromatic nitrogens is 2. The van der Waals surface area contributed by atoms with Crippen LogP contribution in [0.1, 0.15) is 11.5 Å². The van der Waals surface area contributed by atoms with E-state index in [9.17, 15) is 4.39 Å². The van der Waals surface area contributed by atoms with Crippen LogP contribution in [0.15, 0.2) is 33.5 Å². The van der Waals surface area contributed by atoms with E-state index < -0.39 is 0 Å². The second-order valence-corrected chi connectivity index (χ2v) is 4.36. The molecule has 1 aromatic carbocycles. The van der Waals surface area contributed by atoms with Gasteiger partial charge >= 0.3 is 0 Å². The molecule has 0 amide bonds. The van der Waals surface area contributed by atoms with Crippen LogP contribution in [0.2, 0.25) is 0 Å². The molecule has 4 nitrogen and oxygen atoms in total. The largest absolute Gasteiger partial charge is 0.340 e. The third-order valence-corrected chi connectivity index (χ3v) is 2.88. The Bertz CT molecular complexity index is 476. The number of benzene rings is 1. The molecule has 2 rings (SSSR count). The summed E-state index contributed by atoms with van der Waals surface area (Å²) in [5, 5.41) is 6.69. The summed E-state index contributed by atoms with van der Waals surface area (Å²) < 4.78 is 18.5. The van der Waals surface area contributed by atoms with Crippen LogP contribution >= 0.6 is 15.9 Å². The van der Waals surface area contributed by atoms with E-state index in [0.29, 0.717) is 29.9 Å². The van der Waals surface area contributed by atoms with E-state index in [1.165, 1.54) is 12.4 Å². The Labute approximate surface area is 106 Å². The number of hydrogen-bond donors (Lipinski definition) is 1. The first-order valence-corrected chi connectivity index (χ1v) is 5.95. The molecule has 1 heterocycles. The van der Waals surface area contributed by atoms with Crippen LogP contribution in [0.3, 0.4) is 0 Å². The second-order valence-electron chi connectivity index (χ2n) is 3.51. The van der Waals surface area contributed by atoms with Gasteiger partial charge in [-0.15, -0.1) is 0 Å². The fourth-order valence-electron chi connectivity index (χ4n) is 1.38. The molecule has 0 saturated heterocycles. The van der Waals surface area contributed by atoms with Crippen LogP contribution < -0.4 is 5.32 Å². The molecular weight excluding hydrogens is 289 g/mol. The average Bonchev–Trinajstić information content (AvgIpc) is 2.82. The summed E-state index contributed by atoms with van der Waals surface area (Å²) in [6, 6.07) is 5.07. The number of nitrogens with zero attached hydrogens (tertiary/aromatic N) is 2. The quantitative estimate of drug-likeness (QED) is 0.861. The second kappa shape index (κ2) is 5.88. The van der Waals surface area contributed by atoms with Crippen molar-refractivity contribution in [2.45, 2.75) is 13.0 Å². The Morgan fingerprint density at radius 1 is 1.41 bits per heavy atom. The number of rotatable bonds is 5. The van der Waals surface area contributed by atoms with Crippen molar-refractivity contribution in [1.82, 2.24) is 15.5 Å². The standard InChI is InChI=1S/C11H11BrFN3O/c12-9-2-1-8(5-10(9)13)6-14-4-3-11-15-7-16-17-11/h1-2,5,7,14H,3-4,6H2. The van der Waals surface area contributed by atoms with Crippen LogP contribution in [0.25, 0.3) is 0 Å². The first-order chi connectivity index (χ1) is 8.25. The number of nitrogens with one attached hydrogen (secondary N) is 1. The summed E-state index contributed by atoms with van der Waals surface area (Å²) in [6.07, 6.45) is 2.04. The third-order valence-electron chi connectivity index (χ3n) is 2.24. The van der Waals surface area contributed by atoms with Gasteiger partial charge in [0.15, 0.2) is 6.33 Å². The minimum atomic E-state index is -0.249. The van der Waals surface area contributed by atoms with Crippen molar-refractivity contribution in [3.05, 3.63) is 46.3 Å². The van der Waals surface area contributed by atoms with Crippen molar-refractivity contribution in [3.63, 3.8) is 0 Å². The molecular formula is C11H11BrFN3O. The summed E-state index contributed by atoms with van der Waals surface area (Å²) in [6.45, 7) is 1.32. The van der Waals surface area contributed by atoms with Gasteiger partial charge in [0.05, 0.1) is 4.47 Å². The lowest BCUT2D eigenvalue weighted by molar-refractivity contribution is 0.375. The van der Waals surface area contributed by atoms with E-state index in [1.807, 2.05) is 6.07 Å². The molecule has 0 radical (unpaired) electrons. The van der Waals surface area contributed by atoms with Crippen molar-refractivity contribution in [2.75, 3.05) is 6.54 Å². The summed E-state index contributed by atoms with van der Waals surface area (Å²) in [7, 11) is 0. The van der Waals surface area contributed by atoms with Gasteiger partial charge in [0.1, 0.15) is 5.82 Å². The topological polar surface area (TPSA) is 51.0 Å². The highest BCUT2D eigenvalue weighted by atomic mass is 79.9. The number of hydrogen-bond acceptors (Lipinski definition) is 4. The molecule has 0 aliphatic heterocycles. The Hall–Kier alpha value is -1.27. The van der Waals surface area contributed by atoms with Crippen LogP contribution in [0.4, 0.5) is 4.39 Å². The van der Waals surface area contributed by atoms with Gasteiger partial charge in [0.2, 0.25) is 5.89 Å². The zero-order valence-electron chi connectivity index (χ0n) is 8.99. The van der Waals surface area contributed by atoms with E-state index in [1.54, 1.807) is 6.07 Å². The van der Waals surface area contributed by atoms with E-state index in [4.69, 9.17) is 4.52 Å². The van der Waals surface area contributed by atoms with Gasteiger partial charge in [0.25, 0.3) is 0 Å². The minimum Gasteiger partial charge on any atom is -0.340 e. The molecule has 2 aromatic rings. The van der Waals surface area contributed by atoms with Crippen LogP contribution in [-0.4, -0.2) is 16.7 Å². The van der Waals surface area contributed by atoms with E-state index in [2.05, 4.69) is 31.4 Å². The van der Waals surface area contributed by atoms with Gasteiger partial charge in [0, 0.05) is 19.5 Å². The predicted octanol–water partition coefficient (Wildman–Crippen LogP) is 2.30. The van der Waals surface area contributed by atoms with Gasteiger partial charge in [-0.2, -0.15) is 4.98 Å². The monoisotopic (exact) mass is 299 g/mol. The normalized spacial score (nSPS) is 10.7. The molecule has 90 valence electrons. The van der Waals surface area contributed by atoms with E-state index >= 15 is 0 Å². The van der Waals surface area contributed by atoms with Crippen LogP contribution in [0.5, 0.6) is 0 Å². The lowest BCUT2D eigenvalue weighted by Gasteiger charge is -2.04. The first-order valence-electron chi connectivity index (χ1n) is 5.16. The Morgan fingerprint density at radius 3 is 3.00 bits per heavy atom. The molecule has 17 heavy (non-hydrogen) atoms. The van der Waals surface area contributed by atoms with Gasteiger partial charge < -0.3 is 9.84 Å². The van der Waals surface area contributed by atoms with Crippen molar-refractivity contribution in [3.8, 4) is 0 Å². The molecule has 6 heteroatoms. The van der Waals surface area contributed by atoms with Crippen LogP contribution in [-0.2, 0) is 13.0 Å². The van der Waals surface area contributed by atoms with Gasteiger partial charge in [-0.05, 0) is 33.6 Å². The fourth-order valence-corrected chi connectivity index (χ4v) is 1.63. The summed E-state index contributed by atoms with van der Waals surface area (Å²) in [5.74, 6) is 0.348. The molecule has 0 unspecified atom stereocenters. The summed E-state index contributed by atoms with van der Waals surface area (Å²) in [5.41, 5.74) is 0.899. The van der Waals surface area contributed by atoms with Gasteiger partial charge in [-0.1, -0.05) is 11.2 Å². The number of halogens is 2. The fraction of sp³-hybridized carbons (Fsp3) is 0.273. The van der Waals surface area contributed by atoms with Crippen molar-refractivity contribution < 1.29 is 8.91 Å². The smallest absolute Gasteiger partial charge is 0.227 e. The van der Waals surface area contributed by atoms with Gasteiger partial charge in [-0.3, -0.25) is 0 Å². The summed E-state index contributed by atoms with van der Waals surface area (Å²) in [4.78, 5) is 3.90. The lowest BCUT2D eigenvalue weighted by atomic mass is 10.2. The Morgan fingerprint density at radius 2 is 2.29 bits per heavy atom. The molecule has 0 bridgehead atoms.